The van der Waals surface area contributed by atoms with Crippen molar-refractivity contribution in [1.29, 1.82) is 0 Å². The lowest BCUT2D eigenvalue weighted by Crippen LogP contribution is -2.32. The quantitative estimate of drug-likeness (QED) is 0.545. The fraction of sp³-hybridized carbons (Fsp3) is 0.583. The fourth-order valence-corrected chi connectivity index (χ4v) is 2.17. The van der Waals surface area contributed by atoms with Crippen molar-refractivity contribution in [2.24, 2.45) is 0 Å². The summed E-state index contributed by atoms with van der Waals surface area (Å²) in [5, 5.41) is 6.07. The van der Waals surface area contributed by atoms with Crippen LogP contribution in [-0.2, 0) is 14.3 Å². The third-order valence-electron chi connectivity index (χ3n) is 2.29. The lowest BCUT2D eigenvalue weighted by molar-refractivity contribution is -0.119. The first-order chi connectivity index (χ1) is 9.58. The van der Waals surface area contributed by atoms with Crippen LogP contribution in [0, 0.1) is 6.92 Å². The Bertz CT molecular complexity index is 462. The van der Waals surface area contributed by atoms with Gasteiger partial charge in [-0.15, -0.1) is 11.3 Å². The minimum absolute atomic E-state index is 0.0962. The molecule has 0 aliphatic heterocycles. The van der Waals surface area contributed by atoms with Gasteiger partial charge in [-0.3, -0.25) is 4.79 Å². The molecule has 112 valence electrons. The van der Waals surface area contributed by atoms with Crippen molar-refractivity contribution in [3.8, 4) is 0 Å². The van der Waals surface area contributed by atoms with Crippen LogP contribution in [0.4, 0.5) is 5.13 Å². The summed E-state index contributed by atoms with van der Waals surface area (Å²) in [4.78, 5) is 27.9. The van der Waals surface area contributed by atoms with E-state index in [9.17, 15) is 9.59 Å². The number of esters is 1. The monoisotopic (exact) mass is 301 g/mol. The van der Waals surface area contributed by atoms with Crippen molar-refractivity contribution < 1.29 is 19.1 Å². The van der Waals surface area contributed by atoms with Gasteiger partial charge in [-0.05, 0) is 13.8 Å². The molecule has 1 rings (SSSR count). The van der Waals surface area contributed by atoms with E-state index in [2.05, 4.69) is 15.6 Å². The molecule has 0 fully saturated rings. The van der Waals surface area contributed by atoms with Crippen LogP contribution >= 0.6 is 11.3 Å². The lowest BCUT2D eigenvalue weighted by atomic mass is 10.4. The molecule has 8 heteroatoms. The number of aromatic nitrogens is 1. The molecule has 1 aromatic heterocycles. The van der Waals surface area contributed by atoms with Crippen molar-refractivity contribution in [2.75, 3.05) is 38.7 Å². The Balaban J connectivity index is 2.47. The Labute approximate surface area is 121 Å². The molecule has 0 saturated carbocycles. The predicted molar refractivity (Wildman–Crippen MR) is 76.2 cm³/mol. The third-order valence-corrected chi connectivity index (χ3v) is 3.22. The van der Waals surface area contributed by atoms with Gasteiger partial charge in [0.15, 0.2) is 10.8 Å². The summed E-state index contributed by atoms with van der Waals surface area (Å²) in [6.45, 7) is 4.85. The molecule has 0 aliphatic rings. The number of amides is 1. The van der Waals surface area contributed by atoms with Crippen LogP contribution in [-0.4, -0.2) is 50.3 Å². The third kappa shape index (κ3) is 5.14. The van der Waals surface area contributed by atoms with Gasteiger partial charge in [-0.25, -0.2) is 9.78 Å². The van der Waals surface area contributed by atoms with Gasteiger partial charge >= 0.3 is 5.97 Å². The van der Waals surface area contributed by atoms with E-state index in [1.165, 1.54) is 11.3 Å². The van der Waals surface area contributed by atoms with E-state index in [1.807, 2.05) is 0 Å². The second-order valence-corrected chi connectivity index (χ2v) is 5.04. The van der Waals surface area contributed by atoms with E-state index in [-0.39, 0.29) is 12.5 Å². The maximum Gasteiger partial charge on any atom is 0.358 e. The van der Waals surface area contributed by atoms with Crippen LogP contribution in [0.2, 0.25) is 0 Å². The topological polar surface area (TPSA) is 89.5 Å². The average Bonchev–Trinajstić information content (AvgIpc) is 2.78. The van der Waals surface area contributed by atoms with Crippen molar-refractivity contribution in [1.82, 2.24) is 10.3 Å². The number of methoxy groups -OCH3 is 1. The summed E-state index contributed by atoms with van der Waals surface area (Å²) < 4.78 is 9.72. The van der Waals surface area contributed by atoms with E-state index in [1.54, 1.807) is 21.0 Å². The van der Waals surface area contributed by atoms with Crippen LogP contribution in [0.5, 0.6) is 0 Å². The summed E-state index contributed by atoms with van der Waals surface area (Å²) >= 11 is 1.31. The molecular weight excluding hydrogens is 282 g/mol. The molecule has 0 bridgehead atoms. The number of hydrogen-bond donors (Lipinski definition) is 2. The number of nitrogens with zero attached hydrogens (tertiary/aromatic N) is 1. The standard InChI is InChI=1S/C12H19N3O4S/c1-4-19-11(17)10-8(2)20-12(15-10)14-7-9(16)13-5-6-18-3/h4-7H2,1-3H3,(H,13,16)(H,14,15). The van der Waals surface area contributed by atoms with Gasteiger partial charge < -0.3 is 20.1 Å². The summed E-state index contributed by atoms with van der Waals surface area (Å²) in [5.74, 6) is -0.605. The Morgan fingerprint density at radius 2 is 2.15 bits per heavy atom. The first-order valence-corrected chi connectivity index (χ1v) is 7.04. The number of anilines is 1. The highest BCUT2D eigenvalue weighted by atomic mass is 32.1. The molecule has 0 radical (unpaired) electrons. The van der Waals surface area contributed by atoms with Crippen molar-refractivity contribution in [3.63, 3.8) is 0 Å². The van der Waals surface area contributed by atoms with E-state index in [4.69, 9.17) is 9.47 Å². The van der Waals surface area contributed by atoms with E-state index < -0.39 is 5.97 Å². The average molecular weight is 301 g/mol. The maximum absolute atomic E-state index is 11.6. The molecule has 7 nitrogen and oxygen atoms in total. The van der Waals surface area contributed by atoms with E-state index in [0.717, 1.165) is 4.88 Å². The number of hydrogen-bond acceptors (Lipinski definition) is 7. The number of thiazole rings is 1. The molecule has 1 amide bonds. The second-order valence-electron chi connectivity index (χ2n) is 3.84. The van der Waals surface area contributed by atoms with Crippen LogP contribution in [0.1, 0.15) is 22.3 Å². The van der Waals surface area contributed by atoms with Crippen LogP contribution in [0.15, 0.2) is 0 Å². The molecule has 2 N–H and O–H groups in total. The Morgan fingerprint density at radius 1 is 1.40 bits per heavy atom. The van der Waals surface area contributed by atoms with Crippen molar-refractivity contribution in [2.45, 2.75) is 13.8 Å². The van der Waals surface area contributed by atoms with Gasteiger partial charge in [0.1, 0.15) is 0 Å². The highest BCUT2D eigenvalue weighted by Crippen LogP contribution is 2.22. The number of rotatable bonds is 8. The molecule has 0 atom stereocenters. The molecule has 0 unspecified atom stereocenters. The van der Waals surface area contributed by atoms with Gasteiger partial charge in [-0.1, -0.05) is 0 Å². The summed E-state index contributed by atoms with van der Waals surface area (Å²) in [6, 6.07) is 0. The molecule has 0 spiro atoms. The summed E-state index contributed by atoms with van der Waals surface area (Å²) in [6.07, 6.45) is 0. The molecular formula is C12H19N3O4S. The van der Waals surface area contributed by atoms with Gasteiger partial charge in [0, 0.05) is 18.5 Å². The number of carbonyl (C=O) groups is 2. The van der Waals surface area contributed by atoms with Crippen LogP contribution < -0.4 is 10.6 Å². The number of ether oxygens (including phenoxy) is 2. The zero-order chi connectivity index (χ0) is 15.0. The first-order valence-electron chi connectivity index (χ1n) is 6.22. The number of carbonyl (C=O) groups excluding carboxylic acids is 2. The minimum atomic E-state index is -0.446. The fourth-order valence-electron chi connectivity index (χ4n) is 1.37. The zero-order valence-electron chi connectivity index (χ0n) is 11.8. The highest BCUT2D eigenvalue weighted by Gasteiger charge is 2.16. The predicted octanol–water partition coefficient (Wildman–Crippen LogP) is 0.803. The maximum atomic E-state index is 11.6. The molecule has 1 heterocycles. The molecule has 0 aliphatic carbocycles. The number of nitrogens with one attached hydrogen (secondary N) is 2. The van der Waals surface area contributed by atoms with Gasteiger partial charge in [-0.2, -0.15) is 0 Å². The normalized spacial score (nSPS) is 10.2. The van der Waals surface area contributed by atoms with E-state index in [0.29, 0.717) is 30.6 Å². The van der Waals surface area contributed by atoms with E-state index >= 15 is 0 Å². The molecule has 1 aromatic rings. The van der Waals surface area contributed by atoms with Crippen LogP contribution in [0.25, 0.3) is 0 Å². The first kappa shape index (κ1) is 16.4. The van der Waals surface area contributed by atoms with Gasteiger partial charge in [0.2, 0.25) is 5.91 Å². The smallest absolute Gasteiger partial charge is 0.358 e. The molecule has 20 heavy (non-hydrogen) atoms. The summed E-state index contributed by atoms with van der Waals surface area (Å²) in [7, 11) is 1.57. The largest absolute Gasteiger partial charge is 0.461 e. The van der Waals surface area contributed by atoms with Crippen molar-refractivity contribution in [3.05, 3.63) is 10.6 Å². The Kier molecular flexibility index (Phi) is 6.96. The van der Waals surface area contributed by atoms with Gasteiger partial charge in [0.05, 0.1) is 19.8 Å². The van der Waals surface area contributed by atoms with Crippen molar-refractivity contribution >= 4 is 28.3 Å². The minimum Gasteiger partial charge on any atom is -0.461 e. The van der Waals surface area contributed by atoms with Gasteiger partial charge in [0.25, 0.3) is 0 Å². The Hall–Kier alpha value is -1.67. The molecule has 0 saturated heterocycles. The molecule has 0 aromatic carbocycles. The van der Waals surface area contributed by atoms with Crippen LogP contribution in [0.3, 0.4) is 0 Å². The highest BCUT2D eigenvalue weighted by molar-refractivity contribution is 7.15. The Morgan fingerprint density at radius 3 is 2.80 bits per heavy atom. The summed E-state index contributed by atoms with van der Waals surface area (Å²) in [5.41, 5.74) is 0.291. The lowest BCUT2D eigenvalue weighted by Gasteiger charge is -2.04. The zero-order valence-corrected chi connectivity index (χ0v) is 12.6. The second kappa shape index (κ2) is 8.49. The SMILES string of the molecule is CCOC(=O)c1nc(NCC(=O)NCCOC)sc1C. The number of aryl methyl sites for hydroxylation is 1.